The maximum absolute atomic E-state index is 11.7. The van der Waals surface area contributed by atoms with Crippen molar-refractivity contribution in [2.45, 2.75) is 33.2 Å². The van der Waals surface area contributed by atoms with Gasteiger partial charge in [0.15, 0.2) is 0 Å². The minimum atomic E-state index is -0.324. The first-order valence-electron chi connectivity index (χ1n) is 6.14. The average Bonchev–Trinajstić information content (AvgIpc) is 2.34. The minimum Gasteiger partial charge on any atom is -0.358 e. The number of aryl methyl sites for hydroxylation is 1. The first-order valence-corrected chi connectivity index (χ1v) is 6.14. The van der Waals surface area contributed by atoms with Gasteiger partial charge in [0.05, 0.1) is 0 Å². The summed E-state index contributed by atoms with van der Waals surface area (Å²) >= 11 is 0. The number of amides is 1. The second-order valence-electron chi connectivity index (χ2n) is 4.13. The van der Waals surface area contributed by atoms with E-state index in [-0.39, 0.29) is 11.9 Å². The van der Waals surface area contributed by atoms with Gasteiger partial charge in [-0.3, -0.25) is 4.79 Å². The third-order valence-electron chi connectivity index (χ3n) is 2.38. The van der Waals surface area contributed by atoms with Crippen molar-refractivity contribution in [3.63, 3.8) is 0 Å². The smallest absolute Gasteiger partial charge is 0.242 e. The Balaban J connectivity index is 2.66. The highest BCUT2D eigenvalue weighted by molar-refractivity contribution is 5.83. The number of anilines is 2. The van der Waals surface area contributed by atoms with Gasteiger partial charge in [-0.1, -0.05) is 6.92 Å². The molecule has 0 aliphatic rings. The Labute approximate surface area is 108 Å². The number of aromatic nitrogens is 2. The van der Waals surface area contributed by atoms with Crippen LogP contribution in [0.2, 0.25) is 0 Å². The molecule has 0 saturated carbocycles. The van der Waals surface area contributed by atoms with Crippen molar-refractivity contribution in [3.8, 4) is 0 Å². The van der Waals surface area contributed by atoms with Gasteiger partial charge in [-0.25, -0.2) is 4.98 Å². The summed E-state index contributed by atoms with van der Waals surface area (Å²) < 4.78 is 0. The Morgan fingerprint density at radius 3 is 2.78 bits per heavy atom. The molecule has 0 aliphatic carbocycles. The van der Waals surface area contributed by atoms with Crippen molar-refractivity contribution < 1.29 is 4.79 Å². The number of hydrogen-bond donors (Lipinski definition) is 3. The van der Waals surface area contributed by atoms with Crippen LogP contribution >= 0.6 is 0 Å². The molecule has 1 unspecified atom stereocenters. The lowest BCUT2D eigenvalue weighted by molar-refractivity contribution is -0.121. The van der Waals surface area contributed by atoms with Crippen LogP contribution in [0, 0.1) is 6.92 Å². The zero-order valence-electron chi connectivity index (χ0n) is 11.4. The SMILES string of the molecule is CCCNC(=O)C(C)Nc1cc(C)nc(NC)n1. The molecule has 1 rings (SSSR count). The Hall–Kier alpha value is -1.85. The van der Waals surface area contributed by atoms with Crippen LogP contribution in [-0.4, -0.2) is 35.5 Å². The van der Waals surface area contributed by atoms with Crippen LogP contribution in [0.3, 0.4) is 0 Å². The van der Waals surface area contributed by atoms with E-state index >= 15 is 0 Å². The van der Waals surface area contributed by atoms with E-state index in [1.165, 1.54) is 0 Å². The Kier molecular flexibility index (Phi) is 5.35. The molecular formula is C12H21N5O. The van der Waals surface area contributed by atoms with Gasteiger partial charge in [-0.05, 0) is 20.3 Å². The molecule has 0 aliphatic heterocycles. The molecule has 1 amide bonds. The summed E-state index contributed by atoms with van der Waals surface area (Å²) in [6.45, 7) is 6.40. The van der Waals surface area contributed by atoms with Crippen molar-refractivity contribution in [2.24, 2.45) is 0 Å². The van der Waals surface area contributed by atoms with E-state index in [1.54, 1.807) is 7.05 Å². The number of hydrogen-bond acceptors (Lipinski definition) is 5. The van der Waals surface area contributed by atoms with E-state index in [1.807, 2.05) is 26.8 Å². The zero-order chi connectivity index (χ0) is 13.5. The molecule has 0 aromatic carbocycles. The number of carbonyl (C=O) groups excluding carboxylic acids is 1. The number of nitrogens with one attached hydrogen (secondary N) is 3. The lowest BCUT2D eigenvalue weighted by atomic mass is 10.3. The third kappa shape index (κ3) is 4.20. The minimum absolute atomic E-state index is 0.0286. The monoisotopic (exact) mass is 251 g/mol. The van der Waals surface area contributed by atoms with Crippen LogP contribution in [0.15, 0.2) is 6.07 Å². The van der Waals surface area contributed by atoms with Gasteiger partial charge in [0.25, 0.3) is 0 Å². The zero-order valence-corrected chi connectivity index (χ0v) is 11.4. The molecule has 1 atom stereocenters. The van der Waals surface area contributed by atoms with Gasteiger partial charge < -0.3 is 16.0 Å². The van der Waals surface area contributed by atoms with Crippen LogP contribution in [0.1, 0.15) is 26.0 Å². The number of nitrogens with zero attached hydrogens (tertiary/aromatic N) is 2. The summed E-state index contributed by atoms with van der Waals surface area (Å²) in [7, 11) is 1.76. The highest BCUT2D eigenvalue weighted by atomic mass is 16.2. The van der Waals surface area contributed by atoms with Crippen LogP contribution < -0.4 is 16.0 Å². The Morgan fingerprint density at radius 2 is 2.17 bits per heavy atom. The van der Waals surface area contributed by atoms with Crippen LogP contribution in [-0.2, 0) is 4.79 Å². The van der Waals surface area contributed by atoms with Crippen molar-refractivity contribution >= 4 is 17.7 Å². The topological polar surface area (TPSA) is 78.9 Å². The van der Waals surface area contributed by atoms with E-state index in [0.717, 1.165) is 12.1 Å². The summed E-state index contributed by atoms with van der Waals surface area (Å²) in [5.74, 6) is 1.16. The molecule has 0 fully saturated rings. The maximum atomic E-state index is 11.7. The molecular weight excluding hydrogens is 230 g/mol. The predicted octanol–water partition coefficient (Wildman–Crippen LogP) is 1.15. The van der Waals surface area contributed by atoms with Gasteiger partial charge >= 0.3 is 0 Å². The molecule has 1 aromatic heterocycles. The highest BCUT2D eigenvalue weighted by Crippen LogP contribution is 2.10. The molecule has 1 aromatic rings. The fraction of sp³-hybridized carbons (Fsp3) is 0.583. The fourth-order valence-electron chi connectivity index (χ4n) is 1.44. The molecule has 18 heavy (non-hydrogen) atoms. The standard InChI is InChI=1S/C12H21N5O/c1-5-6-14-11(18)9(3)16-10-7-8(2)15-12(13-4)17-10/h7,9H,5-6H2,1-4H3,(H,14,18)(H2,13,15,16,17). The lowest BCUT2D eigenvalue weighted by Crippen LogP contribution is -2.38. The second kappa shape index (κ2) is 6.78. The molecule has 1 heterocycles. The van der Waals surface area contributed by atoms with Gasteiger partial charge in [0.2, 0.25) is 11.9 Å². The quantitative estimate of drug-likeness (QED) is 0.707. The third-order valence-corrected chi connectivity index (χ3v) is 2.38. The Morgan fingerprint density at radius 1 is 1.44 bits per heavy atom. The predicted molar refractivity (Wildman–Crippen MR) is 72.7 cm³/mol. The molecule has 100 valence electrons. The summed E-state index contributed by atoms with van der Waals surface area (Å²) in [6.07, 6.45) is 0.926. The molecule has 0 bridgehead atoms. The van der Waals surface area contributed by atoms with E-state index in [9.17, 15) is 4.79 Å². The fourth-order valence-corrected chi connectivity index (χ4v) is 1.44. The second-order valence-corrected chi connectivity index (χ2v) is 4.13. The molecule has 0 spiro atoms. The first-order chi connectivity index (χ1) is 8.56. The Bertz CT molecular complexity index is 407. The van der Waals surface area contributed by atoms with Crippen molar-refractivity contribution in [3.05, 3.63) is 11.8 Å². The number of carbonyl (C=O) groups is 1. The maximum Gasteiger partial charge on any atom is 0.242 e. The summed E-state index contributed by atoms with van der Waals surface area (Å²) in [4.78, 5) is 20.1. The molecule has 6 nitrogen and oxygen atoms in total. The average molecular weight is 251 g/mol. The summed E-state index contributed by atoms with van der Waals surface area (Å²) in [5, 5.41) is 8.78. The van der Waals surface area contributed by atoms with E-state index < -0.39 is 0 Å². The van der Waals surface area contributed by atoms with E-state index in [0.29, 0.717) is 18.3 Å². The van der Waals surface area contributed by atoms with Crippen LogP contribution in [0.25, 0.3) is 0 Å². The number of rotatable bonds is 6. The summed E-state index contributed by atoms with van der Waals surface area (Å²) in [5.41, 5.74) is 0.845. The largest absolute Gasteiger partial charge is 0.358 e. The molecule has 0 saturated heterocycles. The van der Waals surface area contributed by atoms with E-state index in [2.05, 4.69) is 25.9 Å². The van der Waals surface area contributed by atoms with Crippen molar-refractivity contribution in [1.82, 2.24) is 15.3 Å². The highest BCUT2D eigenvalue weighted by Gasteiger charge is 2.12. The van der Waals surface area contributed by atoms with Crippen molar-refractivity contribution in [2.75, 3.05) is 24.2 Å². The van der Waals surface area contributed by atoms with Crippen LogP contribution in [0.5, 0.6) is 0 Å². The van der Waals surface area contributed by atoms with Gasteiger partial charge in [-0.2, -0.15) is 4.98 Å². The summed E-state index contributed by atoms with van der Waals surface area (Å²) in [6, 6.07) is 1.49. The van der Waals surface area contributed by atoms with Crippen LogP contribution in [0.4, 0.5) is 11.8 Å². The van der Waals surface area contributed by atoms with Crippen molar-refractivity contribution in [1.29, 1.82) is 0 Å². The lowest BCUT2D eigenvalue weighted by Gasteiger charge is -2.15. The molecule has 3 N–H and O–H groups in total. The van der Waals surface area contributed by atoms with Gasteiger partial charge in [0.1, 0.15) is 11.9 Å². The normalized spacial score (nSPS) is 11.8. The van der Waals surface area contributed by atoms with Gasteiger partial charge in [0, 0.05) is 25.4 Å². The van der Waals surface area contributed by atoms with Gasteiger partial charge in [-0.15, -0.1) is 0 Å². The first kappa shape index (κ1) is 14.2. The molecule has 0 radical (unpaired) electrons. The van der Waals surface area contributed by atoms with E-state index in [4.69, 9.17) is 0 Å². The molecule has 6 heteroatoms.